The van der Waals surface area contributed by atoms with E-state index in [4.69, 9.17) is 16.3 Å². The number of alkyl halides is 1. The van der Waals surface area contributed by atoms with Crippen LogP contribution in [0.1, 0.15) is 38.1 Å². The molecule has 0 N–H and O–H groups in total. The van der Waals surface area contributed by atoms with Gasteiger partial charge >= 0.3 is 0 Å². The van der Waals surface area contributed by atoms with Crippen molar-refractivity contribution in [2.75, 3.05) is 17.3 Å². The molecule has 0 aliphatic carbocycles. The van der Waals surface area contributed by atoms with Crippen LogP contribution in [0.15, 0.2) is 18.2 Å². The van der Waals surface area contributed by atoms with Gasteiger partial charge in [-0.3, -0.25) is 9.59 Å². The third-order valence-electron chi connectivity index (χ3n) is 3.37. The molecule has 1 amide bonds. The number of hydrogen-bond acceptors (Lipinski definition) is 3. The Labute approximate surface area is 130 Å². The van der Waals surface area contributed by atoms with Crippen LogP contribution in [0.2, 0.25) is 0 Å². The van der Waals surface area contributed by atoms with Gasteiger partial charge < -0.3 is 9.64 Å². The van der Waals surface area contributed by atoms with Gasteiger partial charge in [0.05, 0.1) is 11.6 Å². The second-order valence-corrected chi connectivity index (χ2v) is 6.43. The number of carbonyl (C=O) groups is 2. The van der Waals surface area contributed by atoms with E-state index in [0.717, 1.165) is 0 Å². The standard InChI is InChI=1S/C16H20ClNO3/c1-10(2)9-18-12-7-11(13(19)8-17)5-6-14(12)21-16(3,4)15(18)20/h5-7,10H,8-9H2,1-4H3. The first kappa shape index (κ1) is 15.8. The number of amides is 1. The van der Waals surface area contributed by atoms with Crippen molar-refractivity contribution < 1.29 is 14.3 Å². The van der Waals surface area contributed by atoms with Gasteiger partial charge in [0.1, 0.15) is 5.75 Å². The molecule has 1 aromatic carbocycles. The lowest BCUT2D eigenvalue weighted by molar-refractivity contribution is -0.132. The molecule has 1 aliphatic rings. The van der Waals surface area contributed by atoms with Crippen LogP contribution in [0.3, 0.4) is 0 Å². The smallest absolute Gasteiger partial charge is 0.270 e. The molecule has 21 heavy (non-hydrogen) atoms. The minimum absolute atomic E-state index is 0.0801. The molecule has 0 radical (unpaired) electrons. The van der Waals surface area contributed by atoms with Crippen molar-refractivity contribution in [1.82, 2.24) is 0 Å². The molecule has 0 unspecified atom stereocenters. The zero-order valence-electron chi connectivity index (χ0n) is 12.8. The molecule has 5 heteroatoms. The topological polar surface area (TPSA) is 46.6 Å². The Morgan fingerprint density at radius 1 is 1.38 bits per heavy atom. The summed E-state index contributed by atoms with van der Waals surface area (Å²) >= 11 is 5.60. The van der Waals surface area contributed by atoms with E-state index >= 15 is 0 Å². The van der Waals surface area contributed by atoms with Gasteiger partial charge in [-0.2, -0.15) is 0 Å². The molecule has 1 aliphatic heterocycles. The lowest BCUT2D eigenvalue weighted by Gasteiger charge is -2.39. The summed E-state index contributed by atoms with van der Waals surface area (Å²) in [6, 6.07) is 5.11. The Hall–Kier alpha value is -1.55. The average molecular weight is 310 g/mol. The van der Waals surface area contributed by atoms with E-state index in [0.29, 0.717) is 29.5 Å². The van der Waals surface area contributed by atoms with Gasteiger partial charge in [-0.1, -0.05) is 13.8 Å². The lowest BCUT2D eigenvalue weighted by atomic mass is 10.0. The lowest BCUT2D eigenvalue weighted by Crippen LogP contribution is -2.53. The Morgan fingerprint density at radius 2 is 2.05 bits per heavy atom. The minimum Gasteiger partial charge on any atom is -0.476 e. The maximum Gasteiger partial charge on any atom is 0.270 e. The van der Waals surface area contributed by atoms with Gasteiger partial charge in [-0.25, -0.2) is 0 Å². The van der Waals surface area contributed by atoms with Crippen LogP contribution in [0, 0.1) is 5.92 Å². The molecule has 1 heterocycles. The molecule has 0 fully saturated rings. The zero-order valence-corrected chi connectivity index (χ0v) is 13.5. The summed E-state index contributed by atoms with van der Waals surface area (Å²) in [4.78, 5) is 26.0. The average Bonchev–Trinajstić information content (AvgIpc) is 2.42. The van der Waals surface area contributed by atoms with Crippen LogP contribution in [-0.2, 0) is 4.79 Å². The van der Waals surface area contributed by atoms with E-state index in [9.17, 15) is 9.59 Å². The maximum atomic E-state index is 12.6. The van der Waals surface area contributed by atoms with Crippen molar-refractivity contribution in [3.63, 3.8) is 0 Å². The molecule has 0 saturated carbocycles. The predicted molar refractivity (Wildman–Crippen MR) is 83.4 cm³/mol. The van der Waals surface area contributed by atoms with Gasteiger partial charge in [0, 0.05) is 12.1 Å². The maximum absolute atomic E-state index is 12.6. The summed E-state index contributed by atoms with van der Waals surface area (Å²) in [6.45, 7) is 8.18. The fraction of sp³-hybridized carbons (Fsp3) is 0.500. The second-order valence-electron chi connectivity index (χ2n) is 6.16. The number of carbonyl (C=O) groups excluding carboxylic acids is 2. The molecule has 0 atom stereocenters. The van der Waals surface area contributed by atoms with E-state index in [1.165, 1.54) is 0 Å². The predicted octanol–water partition coefficient (Wildman–Crippen LogP) is 3.27. The number of anilines is 1. The van der Waals surface area contributed by atoms with Crippen molar-refractivity contribution in [2.24, 2.45) is 5.92 Å². The number of ketones is 1. The summed E-state index contributed by atoms with van der Waals surface area (Å²) in [5, 5.41) is 0. The third kappa shape index (κ3) is 3.05. The van der Waals surface area contributed by atoms with E-state index in [1.807, 2.05) is 13.8 Å². The van der Waals surface area contributed by atoms with E-state index in [1.54, 1.807) is 36.9 Å². The molecule has 2 rings (SSSR count). The van der Waals surface area contributed by atoms with Gasteiger partial charge in [0.2, 0.25) is 0 Å². The van der Waals surface area contributed by atoms with Gasteiger partial charge in [0.15, 0.2) is 11.4 Å². The van der Waals surface area contributed by atoms with Crippen molar-refractivity contribution in [3.8, 4) is 5.75 Å². The van der Waals surface area contributed by atoms with Crippen LogP contribution in [0.25, 0.3) is 0 Å². The van der Waals surface area contributed by atoms with Gasteiger partial charge in [-0.15, -0.1) is 11.6 Å². The first-order valence-corrected chi connectivity index (χ1v) is 7.54. The number of benzene rings is 1. The summed E-state index contributed by atoms with van der Waals surface area (Å²) in [5.41, 5.74) is 0.234. The Morgan fingerprint density at radius 3 is 2.62 bits per heavy atom. The first-order valence-electron chi connectivity index (χ1n) is 7.00. The van der Waals surface area contributed by atoms with Gasteiger partial charge in [0.25, 0.3) is 5.91 Å². The monoisotopic (exact) mass is 309 g/mol. The van der Waals surface area contributed by atoms with E-state index in [-0.39, 0.29) is 17.6 Å². The SMILES string of the molecule is CC(C)CN1C(=O)C(C)(C)Oc2ccc(C(=O)CCl)cc21. The first-order chi connectivity index (χ1) is 9.76. The van der Waals surface area contributed by atoms with Crippen LogP contribution >= 0.6 is 11.6 Å². The fourth-order valence-corrected chi connectivity index (χ4v) is 2.52. The van der Waals surface area contributed by atoms with Crippen LogP contribution in [-0.4, -0.2) is 29.7 Å². The van der Waals surface area contributed by atoms with Crippen molar-refractivity contribution in [1.29, 1.82) is 0 Å². The second kappa shape index (κ2) is 5.68. The van der Waals surface area contributed by atoms with Crippen molar-refractivity contribution in [3.05, 3.63) is 23.8 Å². The van der Waals surface area contributed by atoms with Gasteiger partial charge in [-0.05, 0) is 38.0 Å². The molecule has 0 spiro atoms. The van der Waals surface area contributed by atoms with Crippen LogP contribution in [0.4, 0.5) is 5.69 Å². The Kier molecular flexibility index (Phi) is 4.28. The highest BCUT2D eigenvalue weighted by molar-refractivity contribution is 6.30. The number of ether oxygens (including phenoxy) is 1. The molecule has 0 aromatic heterocycles. The fourth-order valence-electron chi connectivity index (χ4n) is 2.36. The number of hydrogen-bond donors (Lipinski definition) is 0. The summed E-state index contributed by atoms with van der Waals surface area (Å²) < 4.78 is 5.78. The number of Topliss-reactive ketones (excluding diaryl/α,β-unsaturated/α-hetero) is 1. The third-order valence-corrected chi connectivity index (χ3v) is 3.61. The summed E-state index contributed by atoms with van der Waals surface area (Å²) in [6.07, 6.45) is 0. The number of fused-ring (bicyclic) bond motifs is 1. The molecule has 0 saturated heterocycles. The highest BCUT2D eigenvalue weighted by Gasteiger charge is 2.41. The molecule has 1 aromatic rings. The summed E-state index contributed by atoms with van der Waals surface area (Å²) in [7, 11) is 0. The van der Waals surface area contributed by atoms with Crippen molar-refractivity contribution in [2.45, 2.75) is 33.3 Å². The highest BCUT2D eigenvalue weighted by Crippen LogP contribution is 2.38. The Bertz CT molecular complexity index is 581. The van der Waals surface area contributed by atoms with E-state index < -0.39 is 5.60 Å². The quantitative estimate of drug-likeness (QED) is 0.633. The molecular formula is C16H20ClNO3. The Balaban J connectivity index is 2.51. The molecule has 0 bridgehead atoms. The van der Waals surface area contributed by atoms with Crippen LogP contribution < -0.4 is 9.64 Å². The van der Waals surface area contributed by atoms with E-state index in [2.05, 4.69) is 0 Å². The largest absolute Gasteiger partial charge is 0.476 e. The highest BCUT2D eigenvalue weighted by atomic mass is 35.5. The zero-order chi connectivity index (χ0) is 15.8. The number of rotatable bonds is 4. The number of nitrogens with zero attached hydrogens (tertiary/aromatic N) is 1. The van der Waals surface area contributed by atoms with Crippen LogP contribution in [0.5, 0.6) is 5.75 Å². The molecular weight excluding hydrogens is 290 g/mol. The number of halogens is 1. The summed E-state index contributed by atoms with van der Waals surface area (Å²) in [5.74, 6) is 0.582. The molecule has 114 valence electrons. The van der Waals surface area contributed by atoms with Crippen molar-refractivity contribution >= 4 is 29.0 Å². The normalized spacial score (nSPS) is 16.7. The minimum atomic E-state index is -0.903. The molecule has 4 nitrogen and oxygen atoms in total.